The fourth-order valence-corrected chi connectivity index (χ4v) is 2.15. The van der Waals surface area contributed by atoms with Crippen LogP contribution in [0.25, 0.3) is 0 Å². The molecule has 0 aliphatic carbocycles. The Morgan fingerprint density at radius 3 is 2.61 bits per heavy atom. The SMILES string of the molecule is CC(C)NC(=O)NC(=O)C(C)OC(=O)CSc1cccc[n+]1[O-]. The van der Waals surface area contributed by atoms with Crippen molar-refractivity contribution in [3.8, 4) is 0 Å². The molecule has 0 aromatic carbocycles. The molecular weight excluding hydrogens is 322 g/mol. The fourth-order valence-electron chi connectivity index (χ4n) is 1.45. The number of imide groups is 1. The first-order valence-corrected chi connectivity index (χ1v) is 7.90. The zero-order valence-electron chi connectivity index (χ0n) is 13.1. The van der Waals surface area contributed by atoms with E-state index in [1.807, 2.05) is 0 Å². The van der Waals surface area contributed by atoms with Gasteiger partial charge in [-0.05, 0) is 38.6 Å². The highest BCUT2D eigenvalue weighted by molar-refractivity contribution is 7.99. The van der Waals surface area contributed by atoms with Crippen LogP contribution >= 0.6 is 11.8 Å². The number of esters is 1. The van der Waals surface area contributed by atoms with E-state index in [9.17, 15) is 19.6 Å². The lowest BCUT2D eigenvalue weighted by molar-refractivity contribution is -0.645. The summed E-state index contributed by atoms with van der Waals surface area (Å²) in [5.41, 5.74) is 0. The minimum atomic E-state index is -1.11. The molecule has 0 saturated carbocycles. The van der Waals surface area contributed by atoms with Gasteiger partial charge in [-0.15, -0.1) is 0 Å². The fraction of sp³-hybridized carbons (Fsp3) is 0.429. The summed E-state index contributed by atoms with van der Waals surface area (Å²) in [7, 11) is 0. The second-order valence-corrected chi connectivity index (χ2v) is 5.90. The molecule has 0 aliphatic rings. The van der Waals surface area contributed by atoms with Gasteiger partial charge in [0.25, 0.3) is 10.9 Å². The quantitative estimate of drug-likeness (QED) is 0.339. The predicted octanol–water partition coefficient (Wildman–Crippen LogP) is 0.578. The lowest BCUT2D eigenvalue weighted by Crippen LogP contribution is -2.46. The third-order valence-electron chi connectivity index (χ3n) is 2.46. The van der Waals surface area contributed by atoms with Crippen molar-refractivity contribution in [3.05, 3.63) is 29.6 Å². The maximum absolute atomic E-state index is 11.7. The Balaban J connectivity index is 2.39. The summed E-state index contributed by atoms with van der Waals surface area (Å²) in [5.74, 6) is -1.51. The third kappa shape index (κ3) is 7.00. The first-order valence-electron chi connectivity index (χ1n) is 6.91. The standard InChI is InChI=1S/C14H19N3O5S/c1-9(2)15-14(20)16-13(19)10(3)22-12(18)8-23-11-6-4-5-7-17(11)21/h4-7,9-10H,8H2,1-3H3,(H2,15,16,19,20). The number of hydrogen-bond acceptors (Lipinski definition) is 6. The minimum Gasteiger partial charge on any atom is -0.618 e. The Morgan fingerprint density at radius 2 is 2.00 bits per heavy atom. The van der Waals surface area contributed by atoms with Crippen molar-refractivity contribution < 1.29 is 23.9 Å². The van der Waals surface area contributed by atoms with Crippen LogP contribution in [0.3, 0.4) is 0 Å². The molecule has 2 N–H and O–H groups in total. The lowest BCUT2D eigenvalue weighted by atomic mass is 10.3. The molecule has 126 valence electrons. The summed E-state index contributed by atoms with van der Waals surface area (Å²) in [5, 5.41) is 16.3. The first-order chi connectivity index (χ1) is 10.8. The van der Waals surface area contributed by atoms with Crippen LogP contribution < -0.4 is 15.4 Å². The van der Waals surface area contributed by atoms with E-state index in [-0.39, 0.29) is 11.8 Å². The Morgan fingerprint density at radius 1 is 1.30 bits per heavy atom. The number of aromatic nitrogens is 1. The Kier molecular flexibility index (Phi) is 7.33. The van der Waals surface area contributed by atoms with Crippen molar-refractivity contribution in [2.24, 2.45) is 0 Å². The Labute approximate surface area is 138 Å². The summed E-state index contributed by atoms with van der Waals surface area (Å²) in [6.45, 7) is 4.85. The van der Waals surface area contributed by atoms with Gasteiger partial charge in [0.05, 0.1) is 0 Å². The molecule has 3 amide bonds. The van der Waals surface area contributed by atoms with Gasteiger partial charge in [-0.2, -0.15) is 4.73 Å². The third-order valence-corrected chi connectivity index (χ3v) is 3.45. The maximum Gasteiger partial charge on any atom is 0.321 e. The summed E-state index contributed by atoms with van der Waals surface area (Å²) in [4.78, 5) is 34.7. The van der Waals surface area contributed by atoms with Crippen LogP contribution in [-0.2, 0) is 14.3 Å². The lowest BCUT2D eigenvalue weighted by Gasteiger charge is -2.14. The number of hydrogen-bond donors (Lipinski definition) is 2. The molecule has 8 nitrogen and oxygen atoms in total. The molecule has 1 aromatic rings. The normalized spacial score (nSPS) is 11.7. The van der Waals surface area contributed by atoms with E-state index in [1.165, 1.54) is 13.1 Å². The van der Waals surface area contributed by atoms with E-state index in [0.717, 1.165) is 11.8 Å². The maximum atomic E-state index is 11.7. The van der Waals surface area contributed by atoms with Crippen LogP contribution in [-0.4, -0.2) is 35.8 Å². The molecule has 9 heteroatoms. The number of carbonyl (C=O) groups excluding carboxylic acids is 3. The van der Waals surface area contributed by atoms with E-state index in [4.69, 9.17) is 4.74 Å². The largest absolute Gasteiger partial charge is 0.618 e. The molecule has 1 heterocycles. The highest BCUT2D eigenvalue weighted by Crippen LogP contribution is 2.13. The van der Waals surface area contributed by atoms with Crippen molar-refractivity contribution in [2.75, 3.05) is 5.75 Å². The number of thioether (sulfide) groups is 1. The molecular formula is C14H19N3O5S. The number of ether oxygens (including phenoxy) is 1. The van der Waals surface area contributed by atoms with E-state index in [0.29, 0.717) is 9.76 Å². The van der Waals surface area contributed by atoms with Crippen molar-refractivity contribution >= 4 is 29.7 Å². The van der Waals surface area contributed by atoms with Gasteiger partial charge in [0.15, 0.2) is 12.3 Å². The molecule has 1 unspecified atom stereocenters. The highest BCUT2D eigenvalue weighted by atomic mass is 32.2. The van der Waals surface area contributed by atoms with E-state index < -0.39 is 24.0 Å². The van der Waals surface area contributed by atoms with Crippen LogP contribution in [0.5, 0.6) is 0 Å². The average molecular weight is 341 g/mol. The van der Waals surface area contributed by atoms with Crippen LogP contribution in [0.4, 0.5) is 4.79 Å². The van der Waals surface area contributed by atoms with Gasteiger partial charge in [0.1, 0.15) is 5.75 Å². The zero-order chi connectivity index (χ0) is 17.4. The summed E-state index contributed by atoms with van der Waals surface area (Å²) < 4.78 is 5.55. The molecule has 23 heavy (non-hydrogen) atoms. The van der Waals surface area contributed by atoms with Crippen LogP contribution in [0, 0.1) is 5.21 Å². The van der Waals surface area contributed by atoms with Crippen molar-refractivity contribution in [3.63, 3.8) is 0 Å². The molecule has 0 radical (unpaired) electrons. The number of amides is 3. The molecule has 1 rings (SSSR count). The number of pyridine rings is 1. The van der Waals surface area contributed by atoms with Crippen LogP contribution in [0.15, 0.2) is 29.4 Å². The van der Waals surface area contributed by atoms with E-state index in [2.05, 4.69) is 10.6 Å². The van der Waals surface area contributed by atoms with E-state index in [1.54, 1.807) is 32.0 Å². The van der Waals surface area contributed by atoms with Crippen molar-refractivity contribution in [1.82, 2.24) is 10.6 Å². The highest BCUT2D eigenvalue weighted by Gasteiger charge is 2.20. The number of nitrogens with one attached hydrogen (secondary N) is 2. The van der Waals surface area contributed by atoms with Crippen molar-refractivity contribution in [2.45, 2.75) is 37.9 Å². The van der Waals surface area contributed by atoms with Gasteiger partial charge >= 0.3 is 12.0 Å². The molecule has 1 atom stereocenters. The monoisotopic (exact) mass is 341 g/mol. The van der Waals surface area contributed by atoms with Gasteiger partial charge in [-0.1, -0.05) is 0 Å². The average Bonchev–Trinajstić information content (AvgIpc) is 2.45. The van der Waals surface area contributed by atoms with Gasteiger partial charge in [0, 0.05) is 18.2 Å². The second-order valence-electron chi connectivity index (χ2n) is 4.90. The summed E-state index contributed by atoms with van der Waals surface area (Å²) >= 11 is 0.996. The van der Waals surface area contributed by atoms with Crippen molar-refractivity contribution in [1.29, 1.82) is 0 Å². The molecule has 0 fully saturated rings. The Hall–Kier alpha value is -2.29. The molecule has 0 saturated heterocycles. The number of urea groups is 1. The smallest absolute Gasteiger partial charge is 0.321 e. The molecule has 0 bridgehead atoms. The minimum absolute atomic E-state index is 0.123. The summed E-state index contributed by atoms with van der Waals surface area (Å²) in [6.07, 6.45) is 0.202. The van der Waals surface area contributed by atoms with Crippen LogP contribution in [0.1, 0.15) is 20.8 Å². The van der Waals surface area contributed by atoms with Crippen LogP contribution in [0.2, 0.25) is 0 Å². The molecule has 0 spiro atoms. The second kappa shape index (κ2) is 8.99. The molecule has 1 aromatic heterocycles. The van der Waals surface area contributed by atoms with Gasteiger partial charge < -0.3 is 15.3 Å². The number of nitrogens with zero attached hydrogens (tertiary/aromatic N) is 1. The topological polar surface area (TPSA) is 111 Å². The predicted molar refractivity (Wildman–Crippen MR) is 83.5 cm³/mol. The van der Waals surface area contributed by atoms with E-state index >= 15 is 0 Å². The summed E-state index contributed by atoms with van der Waals surface area (Å²) in [6, 6.07) is 4.04. The number of rotatable bonds is 6. The zero-order valence-corrected chi connectivity index (χ0v) is 13.9. The van der Waals surface area contributed by atoms with Gasteiger partial charge in [-0.3, -0.25) is 14.9 Å². The van der Waals surface area contributed by atoms with Gasteiger partial charge in [-0.25, -0.2) is 4.79 Å². The first kappa shape index (κ1) is 18.8. The number of carbonyl (C=O) groups is 3. The molecule has 0 aliphatic heterocycles. The Bertz CT molecular complexity index is 579. The van der Waals surface area contributed by atoms with Gasteiger partial charge in [0.2, 0.25) is 0 Å².